The minimum atomic E-state index is -2.36. The Morgan fingerprint density at radius 3 is 1.84 bits per heavy atom. The van der Waals surface area contributed by atoms with Gasteiger partial charge in [-0.3, -0.25) is 9.59 Å². The number of aliphatic hydroxyl groups excluding tert-OH is 1. The molecule has 0 saturated heterocycles. The van der Waals surface area contributed by atoms with Crippen LogP contribution in [0.15, 0.2) is 0 Å². The van der Waals surface area contributed by atoms with Gasteiger partial charge in [0.25, 0.3) is 0 Å². The van der Waals surface area contributed by atoms with Crippen LogP contribution in [0.3, 0.4) is 0 Å². The normalized spacial score (nSPS) is 13.3. The van der Waals surface area contributed by atoms with E-state index in [2.05, 4.69) is 4.74 Å². The lowest BCUT2D eigenvalue weighted by atomic mass is 10.2. The van der Waals surface area contributed by atoms with Gasteiger partial charge in [-0.25, -0.2) is 9.59 Å². The lowest BCUT2D eigenvalue weighted by Crippen LogP contribution is -2.42. The number of rotatable bonds is 9. The Hall–Kier alpha value is -2.16. The molecule has 0 aromatic rings. The zero-order valence-electron chi connectivity index (χ0n) is 9.81. The Morgan fingerprint density at radius 1 is 0.895 bits per heavy atom. The summed E-state index contributed by atoms with van der Waals surface area (Å²) >= 11 is 0. The maximum Gasteiger partial charge on any atom is 0.348 e. The van der Waals surface area contributed by atoms with Gasteiger partial charge in [-0.2, -0.15) is 0 Å². The van der Waals surface area contributed by atoms with Gasteiger partial charge < -0.3 is 25.2 Å². The SMILES string of the molecule is O=C(O)CCCCC(=O)OC(C(=O)O)C(O)C(=O)O. The number of aliphatic carboxylic acids is 3. The summed E-state index contributed by atoms with van der Waals surface area (Å²) in [5.74, 6) is -5.66. The smallest absolute Gasteiger partial charge is 0.348 e. The van der Waals surface area contributed by atoms with Gasteiger partial charge in [0.1, 0.15) is 0 Å². The average Bonchev–Trinajstić information content (AvgIpc) is 2.30. The van der Waals surface area contributed by atoms with E-state index in [9.17, 15) is 19.2 Å². The lowest BCUT2D eigenvalue weighted by Gasteiger charge is -2.16. The van der Waals surface area contributed by atoms with Crippen molar-refractivity contribution in [1.82, 2.24) is 0 Å². The summed E-state index contributed by atoms with van der Waals surface area (Å²) in [6, 6.07) is 0. The Morgan fingerprint density at radius 2 is 1.42 bits per heavy atom. The second kappa shape index (κ2) is 8.03. The number of carboxylic acid groups (broad SMARTS) is 3. The summed E-state index contributed by atoms with van der Waals surface area (Å²) in [6.45, 7) is 0. The van der Waals surface area contributed by atoms with Crippen LogP contribution >= 0.6 is 0 Å². The minimum Gasteiger partial charge on any atom is -0.481 e. The van der Waals surface area contributed by atoms with E-state index in [0.29, 0.717) is 0 Å². The highest BCUT2D eigenvalue weighted by atomic mass is 16.6. The molecular weight excluding hydrogens is 264 g/mol. The van der Waals surface area contributed by atoms with E-state index in [1.54, 1.807) is 0 Å². The Bertz CT molecular complexity index is 362. The molecule has 0 aromatic carbocycles. The van der Waals surface area contributed by atoms with Crippen LogP contribution in [0.1, 0.15) is 25.7 Å². The molecule has 0 rings (SSSR count). The zero-order chi connectivity index (χ0) is 15.0. The molecule has 0 saturated carbocycles. The highest BCUT2D eigenvalue weighted by Crippen LogP contribution is 2.06. The fourth-order valence-electron chi connectivity index (χ4n) is 1.13. The number of hydrogen-bond donors (Lipinski definition) is 4. The van der Waals surface area contributed by atoms with E-state index in [0.717, 1.165) is 0 Å². The third kappa shape index (κ3) is 6.99. The molecule has 19 heavy (non-hydrogen) atoms. The molecule has 0 fully saturated rings. The van der Waals surface area contributed by atoms with Gasteiger partial charge in [0.2, 0.25) is 6.10 Å². The third-order valence-electron chi connectivity index (χ3n) is 2.06. The van der Waals surface area contributed by atoms with Crippen LogP contribution in [0.25, 0.3) is 0 Å². The number of ether oxygens (including phenoxy) is 1. The van der Waals surface area contributed by atoms with Crippen molar-refractivity contribution in [1.29, 1.82) is 0 Å². The van der Waals surface area contributed by atoms with Crippen LogP contribution in [0, 0.1) is 0 Å². The molecule has 2 atom stereocenters. The van der Waals surface area contributed by atoms with Crippen molar-refractivity contribution in [2.24, 2.45) is 0 Å². The molecule has 4 N–H and O–H groups in total. The molecule has 108 valence electrons. The Labute approximate surface area is 107 Å². The second-order valence-corrected chi connectivity index (χ2v) is 3.63. The molecule has 0 bridgehead atoms. The molecule has 0 spiro atoms. The summed E-state index contributed by atoms with van der Waals surface area (Å²) in [4.78, 5) is 42.4. The molecule has 0 aromatic heterocycles. The topological polar surface area (TPSA) is 158 Å². The molecule has 2 unspecified atom stereocenters. The van der Waals surface area contributed by atoms with Crippen molar-refractivity contribution in [3.63, 3.8) is 0 Å². The largest absolute Gasteiger partial charge is 0.481 e. The first kappa shape index (κ1) is 16.8. The molecule has 0 radical (unpaired) electrons. The number of esters is 1. The molecule has 9 heteroatoms. The number of unbranched alkanes of at least 4 members (excludes halogenated alkanes) is 1. The fourth-order valence-corrected chi connectivity index (χ4v) is 1.13. The van der Waals surface area contributed by atoms with Crippen LogP contribution in [-0.4, -0.2) is 56.5 Å². The standard InChI is InChI=1S/C10H14O9/c11-5(12)3-1-2-4-6(13)19-8(10(17)18)7(14)9(15)16/h7-8,14H,1-4H2,(H,11,12)(H,15,16)(H,17,18). The predicted molar refractivity (Wildman–Crippen MR) is 57.3 cm³/mol. The molecular formula is C10H14O9. The number of carbonyl (C=O) groups is 4. The maximum absolute atomic E-state index is 11.2. The van der Waals surface area contributed by atoms with Crippen molar-refractivity contribution in [3.8, 4) is 0 Å². The number of carboxylic acids is 3. The quantitative estimate of drug-likeness (QED) is 0.309. The Kier molecular flexibility index (Phi) is 7.12. The molecule has 0 aliphatic rings. The summed E-state index contributed by atoms with van der Waals surface area (Å²) in [5.41, 5.74) is 0. The number of aliphatic hydroxyl groups is 1. The van der Waals surface area contributed by atoms with Crippen LogP contribution in [-0.2, 0) is 23.9 Å². The first-order valence-electron chi connectivity index (χ1n) is 5.30. The Balaban J connectivity index is 4.22. The summed E-state index contributed by atoms with van der Waals surface area (Å²) in [5, 5.41) is 34.4. The van der Waals surface area contributed by atoms with Gasteiger partial charge in [0, 0.05) is 12.8 Å². The highest BCUT2D eigenvalue weighted by Gasteiger charge is 2.35. The van der Waals surface area contributed by atoms with Crippen LogP contribution in [0.2, 0.25) is 0 Å². The lowest BCUT2D eigenvalue weighted by molar-refractivity contribution is -0.178. The maximum atomic E-state index is 11.2. The average molecular weight is 278 g/mol. The van der Waals surface area contributed by atoms with Crippen molar-refractivity contribution in [3.05, 3.63) is 0 Å². The van der Waals surface area contributed by atoms with E-state index in [4.69, 9.17) is 20.4 Å². The van der Waals surface area contributed by atoms with E-state index in [1.807, 2.05) is 0 Å². The second-order valence-electron chi connectivity index (χ2n) is 3.63. The summed E-state index contributed by atoms with van der Waals surface area (Å²) < 4.78 is 4.33. The minimum absolute atomic E-state index is 0.145. The molecule has 0 amide bonds. The predicted octanol–water partition coefficient (Wildman–Crippen LogP) is -0.927. The van der Waals surface area contributed by atoms with Crippen LogP contribution < -0.4 is 0 Å². The highest BCUT2D eigenvalue weighted by molar-refractivity contribution is 5.85. The molecule has 0 heterocycles. The van der Waals surface area contributed by atoms with Crippen molar-refractivity contribution in [2.75, 3.05) is 0 Å². The van der Waals surface area contributed by atoms with Crippen LogP contribution in [0.4, 0.5) is 0 Å². The van der Waals surface area contributed by atoms with Crippen molar-refractivity contribution in [2.45, 2.75) is 37.9 Å². The van der Waals surface area contributed by atoms with Gasteiger partial charge in [0.05, 0.1) is 0 Å². The zero-order valence-corrected chi connectivity index (χ0v) is 9.81. The van der Waals surface area contributed by atoms with Gasteiger partial charge in [0.15, 0.2) is 6.10 Å². The monoisotopic (exact) mass is 278 g/mol. The third-order valence-corrected chi connectivity index (χ3v) is 2.06. The first-order valence-corrected chi connectivity index (χ1v) is 5.30. The molecule has 0 aliphatic carbocycles. The van der Waals surface area contributed by atoms with E-state index in [-0.39, 0.29) is 25.7 Å². The number of carbonyl (C=O) groups excluding carboxylic acids is 1. The number of hydrogen-bond acceptors (Lipinski definition) is 6. The van der Waals surface area contributed by atoms with E-state index in [1.165, 1.54) is 0 Å². The summed E-state index contributed by atoms with van der Waals surface area (Å²) in [6.07, 6.45) is -4.61. The van der Waals surface area contributed by atoms with Gasteiger partial charge in [-0.15, -0.1) is 0 Å². The summed E-state index contributed by atoms with van der Waals surface area (Å²) in [7, 11) is 0. The van der Waals surface area contributed by atoms with Gasteiger partial charge in [-0.05, 0) is 12.8 Å². The van der Waals surface area contributed by atoms with Crippen molar-refractivity contribution >= 4 is 23.9 Å². The van der Waals surface area contributed by atoms with Crippen LogP contribution in [0.5, 0.6) is 0 Å². The van der Waals surface area contributed by atoms with Gasteiger partial charge >= 0.3 is 23.9 Å². The van der Waals surface area contributed by atoms with E-state index >= 15 is 0 Å². The van der Waals surface area contributed by atoms with Gasteiger partial charge in [-0.1, -0.05) is 0 Å². The van der Waals surface area contributed by atoms with E-state index < -0.39 is 36.1 Å². The molecule has 0 aliphatic heterocycles. The fraction of sp³-hybridized carbons (Fsp3) is 0.600. The van der Waals surface area contributed by atoms with Crippen molar-refractivity contribution < 1.29 is 44.3 Å². The molecule has 9 nitrogen and oxygen atoms in total. The first-order chi connectivity index (χ1) is 8.75.